The van der Waals surface area contributed by atoms with Gasteiger partial charge in [-0.3, -0.25) is 4.79 Å². The van der Waals surface area contributed by atoms with Gasteiger partial charge in [-0.2, -0.15) is 0 Å². The Labute approximate surface area is 196 Å². The Hall–Kier alpha value is -0.530. The van der Waals surface area contributed by atoms with Crippen molar-refractivity contribution in [2.24, 2.45) is 5.41 Å². The van der Waals surface area contributed by atoms with Gasteiger partial charge in [-0.15, -0.1) is 0 Å². The predicted octanol–water partition coefficient (Wildman–Crippen LogP) is 10.2. The highest BCUT2D eigenvalue weighted by Gasteiger charge is 2.33. The molecule has 0 rings (SSSR count). The summed E-state index contributed by atoms with van der Waals surface area (Å²) in [5, 5.41) is 0. The lowest BCUT2D eigenvalue weighted by Crippen LogP contribution is -2.30. The minimum atomic E-state index is -0.267. The third-order valence-electron chi connectivity index (χ3n) is 6.89. The van der Waals surface area contributed by atoms with E-state index in [1.807, 2.05) is 0 Å². The van der Waals surface area contributed by atoms with Gasteiger partial charge in [-0.1, -0.05) is 143 Å². The van der Waals surface area contributed by atoms with Crippen molar-refractivity contribution in [2.45, 2.75) is 169 Å². The molecule has 2 heteroatoms. The SMILES string of the molecule is CCCCCCCCCCCOC(=O)C(C)(CCCCC)CCCCCCCCCC. The van der Waals surface area contributed by atoms with Crippen LogP contribution in [0.2, 0.25) is 0 Å². The maximum Gasteiger partial charge on any atom is 0.311 e. The zero-order chi connectivity index (χ0) is 23.0. The summed E-state index contributed by atoms with van der Waals surface area (Å²) in [5.74, 6) is 0.0751. The Balaban J connectivity index is 4.03. The van der Waals surface area contributed by atoms with E-state index in [0.29, 0.717) is 6.61 Å². The quantitative estimate of drug-likeness (QED) is 0.111. The van der Waals surface area contributed by atoms with Crippen LogP contribution < -0.4 is 0 Å². The summed E-state index contributed by atoms with van der Waals surface area (Å²) in [6.45, 7) is 9.57. The zero-order valence-electron chi connectivity index (χ0n) is 22.1. The second kappa shape index (κ2) is 22.7. The molecule has 0 fully saturated rings. The van der Waals surface area contributed by atoms with Crippen LogP contribution in [0.4, 0.5) is 0 Å². The smallest absolute Gasteiger partial charge is 0.311 e. The fourth-order valence-corrected chi connectivity index (χ4v) is 4.50. The molecule has 0 saturated heterocycles. The maximum atomic E-state index is 12.9. The van der Waals surface area contributed by atoms with Crippen LogP contribution in [0.5, 0.6) is 0 Å². The van der Waals surface area contributed by atoms with Gasteiger partial charge < -0.3 is 4.74 Å². The Morgan fingerprint density at radius 1 is 0.516 bits per heavy atom. The second-order valence-corrected chi connectivity index (χ2v) is 10.2. The van der Waals surface area contributed by atoms with E-state index in [4.69, 9.17) is 4.74 Å². The van der Waals surface area contributed by atoms with Crippen LogP contribution in [-0.4, -0.2) is 12.6 Å². The average molecular weight is 439 g/mol. The van der Waals surface area contributed by atoms with Crippen LogP contribution in [0.25, 0.3) is 0 Å². The fraction of sp³-hybridized carbons (Fsp3) is 0.966. The van der Waals surface area contributed by atoms with Gasteiger partial charge in [0.2, 0.25) is 0 Å². The van der Waals surface area contributed by atoms with Crippen LogP contribution in [0.3, 0.4) is 0 Å². The molecule has 186 valence electrons. The standard InChI is InChI=1S/C29H58O2/c1-5-8-11-13-15-17-19-21-24-27-31-28(30)29(4,25-22-10-7-3)26-23-20-18-16-14-12-9-6-2/h5-27H2,1-4H3. The van der Waals surface area contributed by atoms with E-state index in [1.165, 1.54) is 116 Å². The molecule has 0 bridgehead atoms. The Kier molecular flexibility index (Phi) is 22.3. The predicted molar refractivity (Wildman–Crippen MR) is 138 cm³/mol. The monoisotopic (exact) mass is 438 g/mol. The number of unbranched alkanes of at least 4 members (excludes halogenated alkanes) is 17. The van der Waals surface area contributed by atoms with Crippen molar-refractivity contribution in [3.63, 3.8) is 0 Å². The average Bonchev–Trinajstić information content (AvgIpc) is 2.77. The fourth-order valence-electron chi connectivity index (χ4n) is 4.50. The molecular formula is C29H58O2. The van der Waals surface area contributed by atoms with Gasteiger partial charge in [0.05, 0.1) is 12.0 Å². The van der Waals surface area contributed by atoms with E-state index >= 15 is 0 Å². The van der Waals surface area contributed by atoms with Crippen molar-refractivity contribution in [1.82, 2.24) is 0 Å². The van der Waals surface area contributed by atoms with Crippen LogP contribution >= 0.6 is 0 Å². The summed E-state index contributed by atoms with van der Waals surface area (Å²) in [6.07, 6.45) is 27.9. The summed E-state index contributed by atoms with van der Waals surface area (Å²) in [6, 6.07) is 0. The first-order valence-electron chi connectivity index (χ1n) is 14.3. The molecule has 2 nitrogen and oxygen atoms in total. The highest BCUT2D eigenvalue weighted by atomic mass is 16.5. The summed E-state index contributed by atoms with van der Waals surface area (Å²) >= 11 is 0. The van der Waals surface area contributed by atoms with Gasteiger partial charge in [-0.05, 0) is 26.2 Å². The van der Waals surface area contributed by atoms with E-state index in [-0.39, 0.29) is 11.4 Å². The van der Waals surface area contributed by atoms with Crippen molar-refractivity contribution in [2.75, 3.05) is 6.61 Å². The number of carbonyl (C=O) groups excluding carboxylic acids is 1. The number of hydrogen-bond donors (Lipinski definition) is 0. The molecule has 0 aromatic carbocycles. The van der Waals surface area contributed by atoms with E-state index in [2.05, 4.69) is 27.7 Å². The summed E-state index contributed by atoms with van der Waals surface area (Å²) in [5.41, 5.74) is -0.267. The minimum Gasteiger partial charge on any atom is -0.465 e. The number of esters is 1. The van der Waals surface area contributed by atoms with Gasteiger partial charge in [0.15, 0.2) is 0 Å². The lowest BCUT2D eigenvalue weighted by molar-refractivity contribution is -0.156. The van der Waals surface area contributed by atoms with Crippen LogP contribution in [0.15, 0.2) is 0 Å². The molecule has 31 heavy (non-hydrogen) atoms. The largest absolute Gasteiger partial charge is 0.465 e. The summed E-state index contributed by atoms with van der Waals surface area (Å²) in [7, 11) is 0. The number of carbonyl (C=O) groups is 1. The number of hydrogen-bond acceptors (Lipinski definition) is 2. The normalized spacial score (nSPS) is 13.3. The first-order chi connectivity index (χ1) is 15.1. The van der Waals surface area contributed by atoms with Crippen molar-refractivity contribution in [1.29, 1.82) is 0 Å². The number of ether oxygens (including phenoxy) is 1. The topological polar surface area (TPSA) is 26.3 Å². The van der Waals surface area contributed by atoms with Crippen LogP contribution in [0, 0.1) is 5.41 Å². The molecular weight excluding hydrogens is 380 g/mol. The molecule has 0 aromatic heterocycles. The molecule has 0 aromatic rings. The van der Waals surface area contributed by atoms with E-state index in [1.54, 1.807) is 0 Å². The van der Waals surface area contributed by atoms with E-state index < -0.39 is 0 Å². The first kappa shape index (κ1) is 30.5. The van der Waals surface area contributed by atoms with Gasteiger partial charge in [-0.25, -0.2) is 0 Å². The third-order valence-corrected chi connectivity index (χ3v) is 6.89. The Morgan fingerprint density at radius 3 is 1.29 bits per heavy atom. The molecule has 0 saturated carbocycles. The molecule has 0 heterocycles. The van der Waals surface area contributed by atoms with Gasteiger partial charge >= 0.3 is 5.97 Å². The second-order valence-electron chi connectivity index (χ2n) is 10.2. The lowest BCUT2D eigenvalue weighted by atomic mass is 9.79. The number of rotatable bonds is 24. The highest BCUT2D eigenvalue weighted by Crippen LogP contribution is 2.33. The first-order valence-corrected chi connectivity index (χ1v) is 14.3. The lowest BCUT2D eigenvalue weighted by Gasteiger charge is -2.27. The molecule has 1 unspecified atom stereocenters. The molecule has 1 atom stereocenters. The molecule has 0 aliphatic heterocycles. The molecule has 0 aliphatic carbocycles. The Morgan fingerprint density at radius 2 is 0.839 bits per heavy atom. The molecule has 0 aliphatic rings. The van der Waals surface area contributed by atoms with Crippen LogP contribution in [0.1, 0.15) is 169 Å². The molecule has 0 N–H and O–H groups in total. The molecule has 0 radical (unpaired) electrons. The highest BCUT2D eigenvalue weighted by molar-refractivity contribution is 5.76. The summed E-state index contributed by atoms with van der Waals surface area (Å²) in [4.78, 5) is 12.9. The van der Waals surface area contributed by atoms with Gasteiger partial charge in [0, 0.05) is 0 Å². The van der Waals surface area contributed by atoms with Crippen molar-refractivity contribution in [3.8, 4) is 0 Å². The van der Waals surface area contributed by atoms with E-state index in [0.717, 1.165) is 25.7 Å². The zero-order valence-corrected chi connectivity index (χ0v) is 22.1. The van der Waals surface area contributed by atoms with E-state index in [9.17, 15) is 4.79 Å². The minimum absolute atomic E-state index is 0.0751. The third kappa shape index (κ3) is 18.7. The summed E-state index contributed by atoms with van der Waals surface area (Å²) < 4.78 is 5.78. The van der Waals surface area contributed by atoms with Crippen molar-refractivity contribution < 1.29 is 9.53 Å². The van der Waals surface area contributed by atoms with Crippen molar-refractivity contribution in [3.05, 3.63) is 0 Å². The maximum absolute atomic E-state index is 12.9. The Bertz CT molecular complexity index is 379. The van der Waals surface area contributed by atoms with Gasteiger partial charge in [0.25, 0.3) is 0 Å². The molecule has 0 amide bonds. The van der Waals surface area contributed by atoms with Gasteiger partial charge in [0.1, 0.15) is 0 Å². The molecule has 0 spiro atoms. The van der Waals surface area contributed by atoms with Crippen LogP contribution in [-0.2, 0) is 9.53 Å². The van der Waals surface area contributed by atoms with Crippen molar-refractivity contribution >= 4 is 5.97 Å².